The lowest BCUT2D eigenvalue weighted by Crippen LogP contribution is -2.16. The number of hydrogen-bond acceptors (Lipinski definition) is 7. The Labute approximate surface area is 102 Å². The van der Waals surface area contributed by atoms with Crippen LogP contribution in [0.2, 0.25) is 0 Å². The first kappa shape index (κ1) is 13.4. The van der Waals surface area contributed by atoms with E-state index in [9.17, 15) is 4.79 Å². The van der Waals surface area contributed by atoms with Gasteiger partial charge < -0.3 is 20.4 Å². The Kier molecular flexibility index (Phi) is 5.37. The van der Waals surface area contributed by atoms with Gasteiger partial charge in [-0.15, -0.1) is 11.3 Å². The molecule has 1 aromatic heterocycles. The fraction of sp³-hybridized carbons (Fsp3) is 0.444. The predicted octanol–water partition coefficient (Wildman–Crippen LogP) is 0.567. The van der Waals surface area contributed by atoms with Crippen molar-refractivity contribution in [2.24, 2.45) is 5.16 Å². The summed E-state index contributed by atoms with van der Waals surface area (Å²) in [4.78, 5) is 19.6. The number of oxime groups is 1. The van der Waals surface area contributed by atoms with Gasteiger partial charge in [0.1, 0.15) is 12.3 Å². The number of carboxylic acids is 1. The smallest absolute Gasteiger partial charge is 0.360 e. The lowest BCUT2D eigenvalue weighted by molar-refractivity contribution is -0.129. The van der Waals surface area contributed by atoms with Crippen LogP contribution in [0.15, 0.2) is 10.5 Å². The van der Waals surface area contributed by atoms with Gasteiger partial charge in [-0.3, -0.25) is 0 Å². The number of anilines is 1. The van der Waals surface area contributed by atoms with E-state index in [1.54, 1.807) is 0 Å². The molecule has 1 aromatic rings. The van der Waals surface area contributed by atoms with E-state index in [2.05, 4.69) is 10.1 Å². The maximum Gasteiger partial charge on any atom is 0.360 e. The van der Waals surface area contributed by atoms with Crippen LogP contribution in [0.4, 0.5) is 5.13 Å². The normalized spacial score (nSPS) is 11.5. The highest BCUT2D eigenvalue weighted by Crippen LogP contribution is 2.12. The second-order valence-electron chi connectivity index (χ2n) is 2.85. The second kappa shape index (κ2) is 6.81. The molecule has 94 valence electrons. The molecule has 0 bridgehead atoms. The third-order valence-electron chi connectivity index (χ3n) is 1.65. The molecule has 7 nitrogen and oxygen atoms in total. The third kappa shape index (κ3) is 4.37. The van der Waals surface area contributed by atoms with E-state index in [0.29, 0.717) is 13.2 Å². The molecular weight excluding hydrogens is 246 g/mol. The van der Waals surface area contributed by atoms with Crippen LogP contribution in [0.25, 0.3) is 0 Å². The molecular formula is C9H13N3O4S. The van der Waals surface area contributed by atoms with Crippen LogP contribution in [0.5, 0.6) is 0 Å². The maximum atomic E-state index is 10.9. The molecule has 0 spiro atoms. The van der Waals surface area contributed by atoms with Gasteiger partial charge in [0.05, 0.1) is 6.61 Å². The van der Waals surface area contributed by atoms with Crippen molar-refractivity contribution in [3.8, 4) is 0 Å². The van der Waals surface area contributed by atoms with Crippen molar-refractivity contribution < 1.29 is 19.5 Å². The molecule has 0 fully saturated rings. The summed E-state index contributed by atoms with van der Waals surface area (Å²) in [6.07, 6.45) is 0. The van der Waals surface area contributed by atoms with Crippen LogP contribution in [-0.4, -0.2) is 41.6 Å². The molecule has 0 aromatic carbocycles. The summed E-state index contributed by atoms with van der Waals surface area (Å²) in [7, 11) is 0. The molecule has 0 aliphatic rings. The Hall–Kier alpha value is -1.67. The van der Waals surface area contributed by atoms with Gasteiger partial charge in [0.2, 0.25) is 5.71 Å². The van der Waals surface area contributed by atoms with Crippen LogP contribution in [0.1, 0.15) is 12.6 Å². The van der Waals surface area contributed by atoms with Gasteiger partial charge in [0.15, 0.2) is 5.13 Å². The Morgan fingerprint density at radius 1 is 1.65 bits per heavy atom. The van der Waals surface area contributed by atoms with Crippen molar-refractivity contribution in [2.45, 2.75) is 6.92 Å². The van der Waals surface area contributed by atoms with Crippen molar-refractivity contribution >= 4 is 28.1 Å². The molecule has 0 aliphatic carbocycles. The highest BCUT2D eigenvalue weighted by molar-refractivity contribution is 7.13. The molecule has 0 amide bonds. The van der Waals surface area contributed by atoms with E-state index in [-0.39, 0.29) is 23.1 Å². The summed E-state index contributed by atoms with van der Waals surface area (Å²) in [5.74, 6) is -1.22. The first-order valence-electron chi connectivity index (χ1n) is 4.87. The number of ether oxygens (including phenoxy) is 1. The number of nitrogen functional groups attached to an aromatic ring is 1. The standard InChI is InChI=1S/C9H13N3O4S/c1-2-15-3-4-16-12-7(8(13)14)6-5-17-9(10)11-6/h5H,2-4H2,1H3,(H2,10,11)(H,13,14)/b12-7-. The number of hydrogen-bond donors (Lipinski definition) is 2. The Balaban J connectivity index is 2.60. The summed E-state index contributed by atoms with van der Waals surface area (Å²) in [5.41, 5.74) is 5.33. The fourth-order valence-electron chi connectivity index (χ4n) is 0.942. The topological polar surface area (TPSA) is 107 Å². The number of carboxylic acid groups (broad SMARTS) is 1. The zero-order valence-electron chi connectivity index (χ0n) is 9.25. The predicted molar refractivity (Wildman–Crippen MR) is 63.1 cm³/mol. The Bertz CT molecular complexity index is 405. The van der Waals surface area contributed by atoms with E-state index >= 15 is 0 Å². The van der Waals surface area contributed by atoms with Gasteiger partial charge >= 0.3 is 5.97 Å². The van der Waals surface area contributed by atoms with Gasteiger partial charge in [-0.05, 0) is 6.92 Å². The molecule has 0 atom stereocenters. The number of carbonyl (C=O) groups is 1. The molecule has 8 heteroatoms. The first-order chi connectivity index (χ1) is 8.15. The van der Waals surface area contributed by atoms with E-state index in [1.165, 1.54) is 5.38 Å². The monoisotopic (exact) mass is 259 g/mol. The minimum absolute atomic E-state index is 0.185. The van der Waals surface area contributed by atoms with Crippen molar-refractivity contribution in [1.82, 2.24) is 4.98 Å². The average molecular weight is 259 g/mol. The lowest BCUT2D eigenvalue weighted by Gasteiger charge is -2.01. The van der Waals surface area contributed by atoms with Crippen molar-refractivity contribution in [3.05, 3.63) is 11.1 Å². The van der Waals surface area contributed by atoms with Crippen LogP contribution in [0.3, 0.4) is 0 Å². The van der Waals surface area contributed by atoms with Crippen LogP contribution < -0.4 is 5.73 Å². The summed E-state index contributed by atoms with van der Waals surface area (Å²) in [6, 6.07) is 0. The molecule has 0 radical (unpaired) electrons. The number of nitrogens with two attached hydrogens (primary N) is 1. The fourth-order valence-corrected chi connectivity index (χ4v) is 1.49. The van der Waals surface area contributed by atoms with Crippen LogP contribution >= 0.6 is 11.3 Å². The summed E-state index contributed by atoms with van der Waals surface area (Å²) >= 11 is 1.14. The zero-order valence-corrected chi connectivity index (χ0v) is 10.1. The Morgan fingerprint density at radius 3 is 2.94 bits per heavy atom. The third-order valence-corrected chi connectivity index (χ3v) is 2.32. The molecule has 0 saturated carbocycles. The summed E-state index contributed by atoms with van der Waals surface area (Å²) in [5, 5.41) is 14.2. The second-order valence-corrected chi connectivity index (χ2v) is 3.74. The van der Waals surface area contributed by atoms with Crippen LogP contribution in [0, 0.1) is 0 Å². The van der Waals surface area contributed by atoms with Crippen molar-refractivity contribution in [2.75, 3.05) is 25.6 Å². The average Bonchev–Trinajstić information content (AvgIpc) is 2.69. The van der Waals surface area contributed by atoms with Crippen LogP contribution in [-0.2, 0) is 14.4 Å². The van der Waals surface area contributed by atoms with E-state index < -0.39 is 5.97 Å². The molecule has 0 aliphatic heterocycles. The highest BCUT2D eigenvalue weighted by atomic mass is 32.1. The zero-order chi connectivity index (χ0) is 12.7. The minimum Gasteiger partial charge on any atom is -0.476 e. The lowest BCUT2D eigenvalue weighted by atomic mass is 10.3. The molecule has 1 heterocycles. The van der Waals surface area contributed by atoms with Gasteiger partial charge in [0.25, 0.3) is 0 Å². The number of nitrogens with zero attached hydrogens (tertiary/aromatic N) is 2. The highest BCUT2D eigenvalue weighted by Gasteiger charge is 2.16. The first-order valence-corrected chi connectivity index (χ1v) is 5.75. The molecule has 3 N–H and O–H groups in total. The van der Waals surface area contributed by atoms with Gasteiger partial charge in [-0.1, -0.05) is 5.16 Å². The van der Waals surface area contributed by atoms with Gasteiger partial charge in [-0.25, -0.2) is 9.78 Å². The number of aromatic nitrogens is 1. The SMILES string of the molecule is CCOCCO/N=C(\C(=O)O)c1csc(N)n1. The number of thiazole rings is 1. The molecule has 17 heavy (non-hydrogen) atoms. The molecule has 0 saturated heterocycles. The molecule has 1 rings (SSSR count). The van der Waals surface area contributed by atoms with E-state index in [1.807, 2.05) is 6.92 Å². The summed E-state index contributed by atoms with van der Waals surface area (Å²) in [6.45, 7) is 2.96. The largest absolute Gasteiger partial charge is 0.476 e. The van der Waals surface area contributed by atoms with Crippen molar-refractivity contribution in [3.63, 3.8) is 0 Å². The minimum atomic E-state index is -1.22. The van der Waals surface area contributed by atoms with Gasteiger partial charge in [-0.2, -0.15) is 0 Å². The van der Waals surface area contributed by atoms with Gasteiger partial charge in [0, 0.05) is 12.0 Å². The number of rotatable bonds is 7. The van der Waals surface area contributed by atoms with Crippen molar-refractivity contribution in [1.29, 1.82) is 0 Å². The van der Waals surface area contributed by atoms with E-state index in [4.69, 9.17) is 20.4 Å². The summed E-state index contributed by atoms with van der Waals surface area (Å²) < 4.78 is 5.01. The number of aliphatic carboxylic acids is 1. The Morgan fingerprint density at radius 2 is 2.41 bits per heavy atom. The van der Waals surface area contributed by atoms with E-state index in [0.717, 1.165) is 11.3 Å². The quantitative estimate of drug-likeness (QED) is 0.421. The molecule has 0 unspecified atom stereocenters. The maximum absolute atomic E-state index is 10.9.